The van der Waals surface area contributed by atoms with Crippen LogP contribution in [0.5, 0.6) is 5.75 Å². The third-order valence-electron chi connectivity index (χ3n) is 4.51. The molecule has 0 unspecified atom stereocenters. The minimum absolute atomic E-state index is 0.111. The molecule has 1 heterocycles. The van der Waals surface area contributed by atoms with Crippen molar-refractivity contribution in [1.82, 2.24) is 9.73 Å². The number of hydrogen-bond donors (Lipinski definition) is 1. The van der Waals surface area contributed by atoms with E-state index in [-0.39, 0.29) is 11.4 Å². The van der Waals surface area contributed by atoms with Gasteiger partial charge < -0.3 is 4.74 Å². The smallest absolute Gasteiger partial charge is 0.258 e. The molecule has 1 fully saturated rings. The fourth-order valence-electron chi connectivity index (χ4n) is 3.09. The van der Waals surface area contributed by atoms with Gasteiger partial charge in [-0.25, -0.2) is 13.8 Å². The average Bonchev–Trinajstić information content (AvgIpc) is 3.21. The Morgan fingerprint density at radius 1 is 1.24 bits per heavy atom. The zero-order valence-corrected chi connectivity index (χ0v) is 17.5. The van der Waals surface area contributed by atoms with Crippen molar-refractivity contribution in [3.8, 4) is 5.75 Å². The van der Waals surface area contributed by atoms with Gasteiger partial charge in [-0.15, -0.1) is 0 Å². The van der Waals surface area contributed by atoms with Crippen LogP contribution in [0, 0.1) is 0 Å². The van der Waals surface area contributed by atoms with E-state index in [2.05, 4.69) is 10.5 Å². The summed E-state index contributed by atoms with van der Waals surface area (Å²) in [4.78, 5) is 12.7. The molecule has 0 aliphatic carbocycles. The number of carbonyl (C=O) groups is 1. The summed E-state index contributed by atoms with van der Waals surface area (Å²) in [6.45, 7) is 2.77. The highest BCUT2D eigenvalue weighted by Gasteiger charge is 2.39. The Balaban J connectivity index is 1.66. The summed E-state index contributed by atoms with van der Waals surface area (Å²) in [6, 6.07) is 12.4. The SMILES string of the molecule is CCOc1ccc(/C=N\NC(=O)[C@@H]2CCCN2S(=O)(=O)c2ccc(Cl)cc2)cc1. The molecule has 1 N–H and O–H groups in total. The Kier molecular flexibility index (Phi) is 6.89. The molecule has 29 heavy (non-hydrogen) atoms. The Morgan fingerprint density at radius 2 is 1.93 bits per heavy atom. The van der Waals surface area contributed by atoms with Crippen LogP contribution in [0.15, 0.2) is 58.5 Å². The third kappa shape index (κ3) is 5.14. The molecule has 0 aromatic heterocycles. The minimum atomic E-state index is -3.79. The maximum atomic E-state index is 12.9. The van der Waals surface area contributed by atoms with Crippen LogP contribution in [0.1, 0.15) is 25.3 Å². The third-order valence-corrected chi connectivity index (χ3v) is 6.68. The summed E-state index contributed by atoms with van der Waals surface area (Å²) >= 11 is 5.84. The highest BCUT2D eigenvalue weighted by Crippen LogP contribution is 2.27. The molecule has 7 nitrogen and oxygen atoms in total. The molecule has 1 amide bonds. The number of benzene rings is 2. The second-order valence-corrected chi connectivity index (χ2v) is 8.79. The van der Waals surface area contributed by atoms with Crippen molar-refractivity contribution in [2.24, 2.45) is 5.10 Å². The van der Waals surface area contributed by atoms with Gasteiger partial charge in [-0.1, -0.05) is 11.6 Å². The molecule has 154 valence electrons. The predicted octanol–water partition coefficient (Wildman–Crippen LogP) is 3.04. The van der Waals surface area contributed by atoms with Crippen molar-refractivity contribution in [3.05, 3.63) is 59.1 Å². The molecule has 3 rings (SSSR count). The molecule has 0 bridgehead atoms. The highest BCUT2D eigenvalue weighted by atomic mass is 35.5. The molecule has 1 atom stereocenters. The van der Waals surface area contributed by atoms with Crippen molar-refractivity contribution in [3.63, 3.8) is 0 Å². The van der Waals surface area contributed by atoms with E-state index >= 15 is 0 Å². The van der Waals surface area contributed by atoms with E-state index in [4.69, 9.17) is 16.3 Å². The highest BCUT2D eigenvalue weighted by molar-refractivity contribution is 7.89. The quantitative estimate of drug-likeness (QED) is 0.534. The Morgan fingerprint density at radius 3 is 2.59 bits per heavy atom. The molecule has 0 spiro atoms. The number of rotatable bonds is 7. The Labute approximate surface area is 175 Å². The summed E-state index contributed by atoms with van der Waals surface area (Å²) in [5.41, 5.74) is 3.23. The van der Waals surface area contributed by atoms with Gasteiger partial charge in [0.05, 0.1) is 17.7 Å². The van der Waals surface area contributed by atoms with E-state index in [0.717, 1.165) is 11.3 Å². The van der Waals surface area contributed by atoms with E-state index in [9.17, 15) is 13.2 Å². The molecule has 1 saturated heterocycles. The largest absolute Gasteiger partial charge is 0.494 e. The molecular weight excluding hydrogens is 414 g/mol. The lowest BCUT2D eigenvalue weighted by molar-refractivity contribution is -0.124. The summed E-state index contributed by atoms with van der Waals surface area (Å²) in [5, 5.41) is 4.41. The number of hydrogen-bond acceptors (Lipinski definition) is 5. The van der Waals surface area contributed by atoms with Gasteiger partial charge in [0.15, 0.2) is 0 Å². The number of ether oxygens (including phenoxy) is 1. The second-order valence-electron chi connectivity index (χ2n) is 6.46. The van der Waals surface area contributed by atoms with Crippen LogP contribution in [0.3, 0.4) is 0 Å². The first-order valence-electron chi connectivity index (χ1n) is 9.25. The zero-order valence-electron chi connectivity index (χ0n) is 15.9. The number of nitrogens with zero attached hydrogens (tertiary/aromatic N) is 2. The lowest BCUT2D eigenvalue weighted by Crippen LogP contribution is -2.44. The number of hydrazone groups is 1. The van der Waals surface area contributed by atoms with Crippen LogP contribution in [0.25, 0.3) is 0 Å². The van der Waals surface area contributed by atoms with Gasteiger partial charge in [0, 0.05) is 11.6 Å². The molecule has 2 aromatic carbocycles. The summed E-state index contributed by atoms with van der Waals surface area (Å²) < 4.78 is 32.4. The zero-order chi connectivity index (χ0) is 20.9. The number of carbonyl (C=O) groups excluding carboxylic acids is 1. The van der Waals surface area contributed by atoms with Crippen molar-refractivity contribution < 1.29 is 17.9 Å². The maximum Gasteiger partial charge on any atom is 0.258 e. The van der Waals surface area contributed by atoms with Gasteiger partial charge >= 0.3 is 0 Å². The van der Waals surface area contributed by atoms with Crippen LogP contribution >= 0.6 is 11.6 Å². The maximum absolute atomic E-state index is 12.9. The molecule has 1 aliphatic rings. The monoisotopic (exact) mass is 435 g/mol. The first-order chi connectivity index (χ1) is 13.9. The number of sulfonamides is 1. The predicted molar refractivity (Wildman–Crippen MR) is 112 cm³/mol. The van der Waals surface area contributed by atoms with E-state index in [0.29, 0.717) is 24.5 Å². The first kappa shape index (κ1) is 21.3. The van der Waals surface area contributed by atoms with Crippen molar-refractivity contribution >= 4 is 33.7 Å². The van der Waals surface area contributed by atoms with E-state index in [1.54, 1.807) is 0 Å². The van der Waals surface area contributed by atoms with Crippen LogP contribution in [-0.2, 0) is 14.8 Å². The second kappa shape index (κ2) is 9.39. The van der Waals surface area contributed by atoms with Gasteiger partial charge in [0.1, 0.15) is 11.8 Å². The standard InChI is InChI=1S/C20H22ClN3O4S/c1-2-28-17-9-5-15(6-10-17)14-22-23-20(25)19-4-3-13-24(19)29(26,27)18-11-7-16(21)8-12-18/h5-12,14,19H,2-4,13H2,1H3,(H,23,25)/b22-14-/t19-/m0/s1. The average molecular weight is 436 g/mol. The molecule has 0 saturated carbocycles. The molecule has 2 aromatic rings. The van der Waals surface area contributed by atoms with Gasteiger partial charge in [-0.05, 0) is 73.9 Å². The Bertz CT molecular complexity index is 976. The van der Waals surface area contributed by atoms with Crippen molar-refractivity contribution in [2.75, 3.05) is 13.2 Å². The van der Waals surface area contributed by atoms with E-state index in [1.165, 1.54) is 34.8 Å². The van der Waals surface area contributed by atoms with Crippen molar-refractivity contribution in [1.29, 1.82) is 0 Å². The van der Waals surface area contributed by atoms with Gasteiger partial charge in [0.2, 0.25) is 10.0 Å². The topological polar surface area (TPSA) is 88.1 Å². The van der Waals surface area contributed by atoms with E-state index in [1.807, 2.05) is 31.2 Å². The van der Waals surface area contributed by atoms with Crippen LogP contribution < -0.4 is 10.2 Å². The fourth-order valence-corrected chi connectivity index (χ4v) is 4.88. The van der Waals surface area contributed by atoms with Gasteiger partial charge in [-0.3, -0.25) is 4.79 Å². The van der Waals surface area contributed by atoms with Crippen LogP contribution in [0.4, 0.5) is 0 Å². The van der Waals surface area contributed by atoms with Crippen LogP contribution in [-0.4, -0.2) is 44.0 Å². The summed E-state index contributed by atoms with van der Waals surface area (Å²) in [5.74, 6) is 0.296. The first-order valence-corrected chi connectivity index (χ1v) is 11.1. The van der Waals surface area contributed by atoms with E-state index < -0.39 is 22.0 Å². The van der Waals surface area contributed by atoms with Crippen LogP contribution in [0.2, 0.25) is 5.02 Å². The van der Waals surface area contributed by atoms with Gasteiger partial charge in [0.25, 0.3) is 5.91 Å². The lowest BCUT2D eigenvalue weighted by atomic mass is 10.2. The number of amides is 1. The lowest BCUT2D eigenvalue weighted by Gasteiger charge is -2.22. The minimum Gasteiger partial charge on any atom is -0.494 e. The normalized spacial score (nSPS) is 17.5. The summed E-state index contributed by atoms with van der Waals surface area (Å²) in [7, 11) is -3.79. The number of halogens is 1. The molecule has 9 heteroatoms. The van der Waals surface area contributed by atoms with Crippen molar-refractivity contribution in [2.45, 2.75) is 30.7 Å². The number of nitrogens with one attached hydrogen (secondary N) is 1. The Hall–Kier alpha value is -2.42. The molecular formula is C20H22ClN3O4S. The van der Waals surface area contributed by atoms with Gasteiger partial charge in [-0.2, -0.15) is 9.41 Å². The summed E-state index contributed by atoms with van der Waals surface area (Å²) in [6.07, 6.45) is 2.55. The molecule has 1 aliphatic heterocycles. The molecule has 0 radical (unpaired) electrons. The fraction of sp³-hybridized carbons (Fsp3) is 0.300.